The van der Waals surface area contributed by atoms with Gasteiger partial charge >= 0.3 is 0 Å². The van der Waals surface area contributed by atoms with Gasteiger partial charge in [-0.25, -0.2) is 0 Å². The highest BCUT2D eigenvalue weighted by Crippen LogP contribution is 2.42. The second-order valence-electron chi connectivity index (χ2n) is 14.9. The highest BCUT2D eigenvalue weighted by molar-refractivity contribution is 7.26. The molecule has 266 valence electrons. The third kappa shape index (κ3) is 5.03. The highest BCUT2D eigenvalue weighted by atomic mass is 32.1. The fraction of sp³-hybridized carbons (Fsp3) is 0. The first-order chi connectivity index (χ1) is 28.3. The van der Waals surface area contributed by atoms with Gasteiger partial charge in [0.15, 0.2) is 0 Å². The molecular weight excluding hydrogens is 709 g/mol. The Kier molecular flexibility index (Phi) is 7.13. The average Bonchev–Trinajstić information content (AvgIpc) is 3.93. The zero-order valence-electron chi connectivity index (χ0n) is 30.9. The van der Waals surface area contributed by atoms with Gasteiger partial charge in [-0.3, -0.25) is 0 Å². The largest absolute Gasteiger partial charge is 0.309 e. The summed E-state index contributed by atoms with van der Waals surface area (Å²) in [6.45, 7) is 0. The van der Waals surface area contributed by atoms with E-state index in [-0.39, 0.29) is 0 Å². The molecule has 0 fully saturated rings. The smallest absolute Gasteiger partial charge is 0.0562 e. The van der Waals surface area contributed by atoms with Crippen molar-refractivity contribution in [3.8, 4) is 44.8 Å². The van der Waals surface area contributed by atoms with Crippen LogP contribution in [0.2, 0.25) is 0 Å². The molecule has 0 unspecified atom stereocenters. The normalized spacial score (nSPS) is 11.9. The van der Waals surface area contributed by atoms with Crippen LogP contribution >= 0.6 is 11.3 Å². The molecule has 3 heteroatoms. The molecule has 12 aromatic rings. The van der Waals surface area contributed by atoms with Crippen LogP contribution < -0.4 is 0 Å². The van der Waals surface area contributed by atoms with E-state index in [1.807, 2.05) is 11.3 Å². The van der Waals surface area contributed by atoms with Crippen LogP contribution in [0, 0.1) is 0 Å². The number of nitrogens with zero attached hydrogens (tertiary/aromatic N) is 2. The molecule has 0 saturated heterocycles. The van der Waals surface area contributed by atoms with Gasteiger partial charge in [0.1, 0.15) is 0 Å². The zero-order valence-corrected chi connectivity index (χ0v) is 31.7. The Morgan fingerprint density at radius 1 is 0.281 bits per heavy atom. The van der Waals surface area contributed by atoms with Crippen LogP contribution in [0.5, 0.6) is 0 Å². The standard InChI is InChI=1S/C54H34N2S/c1-2-13-35(14-3-1)37-15-10-16-38(31-37)39-17-11-18-41(32-39)56-50-25-8-5-20-44(50)48-33-47-43-19-4-7-24-49(43)55(51(47)34-52(48)56)40-29-27-36(28-30-40)42-22-12-23-46-45-21-6-9-26-53(45)57-54(42)46/h1-34H. The Morgan fingerprint density at radius 3 is 1.56 bits per heavy atom. The lowest BCUT2D eigenvalue weighted by molar-refractivity contribution is 1.16. The van der Waals surface area contributed by atoms with Crippen LogP contribution in [0.1, 0.15) is 0 Å². The Balaban J connectivity index is 1.04. The lowest BCUT2D eigenvalue weighted by Crippen LogP contribution is -1.96. The molecule has 9 aromatic carbocycles. The van der Waals surface area contributed by atoms with Gasteiger partial charge in [-0.15, -0.1) is 11.3 Å². The molecule has 3 aromatic heterocycles. The second-order valence-corrected chi connectivity index (χ2v) is 16.0. The van der Waals surface area contributed by atoms with Crippen LogP contribution in [0.15, 0.2) is 206 Å². The molecular formula is C54H34N2S. The van der Waals surface area contributed by atoms with Crippen molar-refractivity contribution in [3.63, 3.8) is 0 Å². The predicted octanol–water partition coefficient (Wildman–Crippen LogP) is 15.2. The minimum atomic E-state index is 1.14. The van der Waals surface area contributed by atoms with Crippen molar-refractivity contribution in [3.05, 3.63) is 206 Å². The van der Waals surface area contributed by atoms with Gasteiger partial charge in [0.25, 0.3) is 0 Å². The summed E-state index contributed by atoms with van der Waals surface area (Å²) in [6.07, 6.45) is 0. The fourth-order valence-electron chi connectivity index (χ4n) is 9.09. The molecule has 0 aliphatic rings. The van der Waals surface area contributed by atoms with Crippen molar-refractivity contribution in [1.82, 2.24) is 9.13 Å². The number of hydrogen-bond acceptors (Lipinski definition) is 1. The van der Waals surface area contributed by atoms with Crippen molar-refractivity contribution in [2.24, 2.45) is 0 Å². The maximum atomic E-state index is 2.45. The summed E-state index contributed by atoms with van der Waals surface area (Å²) >= 11 is 1.88. The number of fused-ring (bicyclic) bond motifs is 9. The maximum absolute atomic E-state index is 2.45. The van der Waals surface area contributed by atoms with Crippen molar-refractivity contribution in [2.45, 2.75) is 0 Å². The van der Waals surface area contributed by atoms with Crippen LogP contribution in [0.25, 0.3) is 109 Å². The number of benzene rings is 9. The van der Waals surface area contributed by atoms with Gasteiger partial charge in [0.2, 0.25) is 0 Å². The molecule has 0 amide bonds. The van der Waals surface area contributed by atoms with E-state index in [1.54, 1.807) is 0 Å². The number of hydrogen-bond donors (Lipinski definition) is 0. The molecule has 0 N–H and O–H groups in total. The summed E-state index contributed by atoms with van der Waals surface area (Å²) in [5, 5.41) is 7.67. The first kappa shape index (κ1) is 32.1. The minimum Gasteiger partial charge on any atom is -0.309 e. The monoisotopic (exact) mass is 742 g/mol. The van der Waals surface area contributed by atoms with Crippen molar-refractivity contribution < 1.29 is 0 Å². The molecule has 2 nitrogen and oxygen atoms in total. The van der Waals surface area contributed by atoms with E-state index in [0.717, 1.165) is 11.4 Å². The van der Waals surface area contributed by atoms with E-state index in [1.165, 1.54) is 97.2 Å². The van der Waals surface area contributed by atoms with Crippen molar-refractivity contribution >= 4 is 75.1 Å². The molecule has 0 bridgehead atoms. The molecule has 57 heavy (non-hydrogen) atoms. The molecule has 0 saturated carbocycles. The third-order valence-electron chi connectivity index (χ3n) is 11.7. The van der Waals surface area contributed by atoms with Crippen LogP contribution in [0.4, 0.5) is 0 Å². The molecule has 0 aliphatic carbocycles. The fourth-order valence-corrected chi connectivity index (χ4v) is 10.3. The molecule has 12 rings (SSSR count). The van der Waals surface area contributed by atoms with E-state index in [0.29, 0.717) is 0 Å². The number of rotatable bonds is 5. The Bertz CT molecular complexity index is 3510. The summed E-state index contributed by atoms with van der Waals surface area (Å²) in [4.78, 5) is 0. The van der Waals surface area contributed by atoms with E-state index < -0.39 is 0 Å². The quantitative estimate of drug-likeness (QED) is 0.166. The summed E-state index contributed by atoms with van der Waals surface area (Å²) in [7, 11) is 0. The van der Waals surface area contributed by atoms with Crippen LogP contribution in [0.3, 0.4) is 0 Å². The van der Waals surface area contributed by atoms with Gasteiger partial charge in [0, 0.05) is 53.1 Å². The number of aromatic nitrogens is 2. The lowest BCUT2D eigenvalue weighted by atomic mass is 9.99. The van der Waals surface area contributed by atoms with Gasteiger partial charge in [-0.1, -0.05) is 146 Å². The molecule has 0 radical (unpaired) electrons. The summed E-state index contributed by atoms with van der Waals surface area (Å²) in [5.74, 6) is 0. The topological polar surface area (TPSA) is 9.86 Å². The summed E-state index contributed by atoms with van der Waals surface area (Å²) in [5.41, 5.74) is 14.4. The first-order valence-corrected chi connectivity index (χ1v) is 20.3. The van der Waals surface area contributed by atoms with Gasteiger partial charge in [-0.2, -0.15) is 0 Å². The summed E-state index contributed by atoms with van der Waals surface area (Å²) < 4.78 is 7.56. The van der Waals surface area contributed by atoms with Gasteiger partial charge in [0.05, 0.1) is 22.1 Å². The Morgan fingerprint density at radius 2 is 0.825 bits per heavy atom. The Hall–Kier alpha value is -7.20. The van der Waals surface area contributed by atoms with Crippen molar-refractivity contribution in [2.75, 3.05) is 0 Å². The number of thiophene rings is 1. The van der Waals surface area contributed by atoms with Crippen molar-refractivity contribution in [1.29, 1.82) is 0 Å². The SMILES string of the molecule is c1ccc(-c2cccc(-c3cccc(-n4c5ccccc5c5cc6c7ccccc7n(-c7ccc(-c8cccc9c8sc8ccccc89)cc7)c6cc54)c3)c2)cc1. The van der Waals surface area contributed by atoms with E-state index in [4.69, 9.17) is 0 Å². The predicted molar refractivity (Wildman–Crippen MR) is 244 cm³/mol. The maximum Gasteiger partial charge on any atom is 0.0562 e. The van der Waals surface area contributed by atoms with Crippen LogP contribution in [-0.2, 0) is 0 Å². The lowest BCUT2D eigenvalue weighted by Gasteiger charge is -2.12. The highest BCUT2D eigenvalue weighted by Gasteiger charge is 2.19. The van der Waals surface area contributed by atoms with Crippen LogP contribution in [-0.4, -0.2) is 9.13 Å². The summed E-state index contributed by atoms with van der Waals surface area (Å²) in [6, 6.07) is 75.6. The third-order valence-corrected chi connectivity index (χ3v) is 12.9. The molecule has 0 atom stereocenters. The average molecular weight is 743 g/mol. The van der Waals surface area contributed by atoms with E-state index in [2.05, 4.69) is 215 Å². The molecule has 0 aliphatic heterocycles. The van der Waals surface area contributed by atoms with E-state index >= 15 is 0 Å². The minimum absolute atomic E-state index is 1.14. The molecule has 0 spiro atoms. The zero-order chi connectivity index (χ0) is 37.5. The Labute approximate surface area is 333 Å². The van der Waals surface area contributed by atoms with Gasteiger partial charge in [-0.05, 0) is 94.0 Å². The second kappa shape index (κ2) is 12.7. The van der Waals surface area contributed by atoms with Gasteiger partial charge < -0.3 is 9.13 Å². The van der Waals surface area contributed by atoms with E-state index in [9.17, 15) is 0 Å². The molecule has 3 heterocycles. The first-order valence-electron chi connectivity index (χ1n) is 19.5. The number of para-hydroxylation sites is 2.